The Morgan fingerprint density at radius 3 is 2.43 bits per heavy atom. The highest BCUT2D eigenvalue weighted by Crippen LogP contribution is 2.42. The van der Waals surface area contributed by atoms with Crippen LogP contribution in [0.25, 0.3) is 0 Å². The molecular formula is C19H20F2N4O3. The average Bonchev–Trinajstić information content (AvgIpc) is 3.09. The van der Waals surface area contributed by atoms with Crippen LogP contribution in [-0.2, 0) is 16.1 Å². The van der Waals surface area contributed by atoms with E-state index in [4.69, 9.17) is 0 Å². The Morgan fingerprint density at radius 2 is 1.75 bits per heavy atom. The molecule has 3 amide bonds. The van der Waals surface area contributed by atoms with Crippen LogP contribution in [0.5, 0.6) is 0 Å². The molecule has 148 valence electrons. The molecule has 9 heteroatoms. The maximum absolute atomic E-state index is 14.9. The highest BCUT2D eigenvalue weighted by atomic mass is 19.2. The van der Waals surface area contributed by atoms with Crippen molar-refractivity contribution in [2.45, 2.75) is 50.4 Å². The Balaban J connectivity index is 1.55. The second-order valence-corrected chi connectivity index (χ2v) is 7.90. The number of halogens is 2. The minimum atomic E-state index is -1.05. The predicted molar refractivity (Wildman–Crippen MR) is 94.6 cm³/mol. The van der Waals surface area contributed by atoms with Gasteiger partial charge in [-0.15, -0.1) is 0 Å². The average molecular weight is 390 g/mol. The lowest BCUT2D eigenvalue weighted by Crippen LogP contribution is -2.53. The van der Waals surface area contributed by atoms with Crippen molar-refractivity contribution in [3.05, 3.63) is 28.8 Å². The molecule has 1 aromatic rings. The van der Waals surface area contributed by atoms with E-state index in [-0.39, 0.29) is 48.6 Å². The van der Waals surface area contributed by atoms with Crippen LogP contribution >= 0.6 is 0 Å². The molecule has 4 aliphatic heterocycles. The lowest BCUT2D eigenvalue weighted by molar-refractivity contribution is -0.136. The van der Waals surface area contributed by atoms with Crippen molar-refractivity contribution in [3.63, 3.8) is 0 Å². The summed E-state index contributed by atoms with van der Waals surface area (Å²) in [6.45, 7) is 1.41. The first-order valence-electron chi connectivity index (χ1n) is 9.60. The van der Waals surface area contributed by atoms with Crippen molar-refractivity contribution in [2.75, 3.05) is 18.0 Å². The third kappa shape index (κ3) is 2.45. The number of hydrogen-bond acceptors (Lipinski definition) is 5. The SMILES string of the molecule is O=C1CCC(N2Cc3c(cc(F)c(F)c3N3C4CCC3CNC4)C2=O)C(=O)N1. The number of carbonyl (C=O) groups is 3. The molecule has 0 aliphatic carbocycles. The van der Waals surface area contributed by atoms with E-state index in [1.807, 2.05) is 4.90 Å². The summed E-state index contributed by atoms with van der Waals surface area (Å²) in [5.41, 5.74) is 0.705. The lowest BCUT2D eigenvalue weighted by atomic mass is 10.0. The minimum Gasteiger partial charge on any atom is -0.360 e. The molecule has 5 rings (SSSR count). The molecule has 28 heavy (non-hydrogen) atoms. The molecule has 0 spiro atoms. The van der Waals surface area contributed by atoms with E-state index in [1.165, 1.54) is 4.90 Å². The van der Waals surface area contributed by atoms with Gasteiger partial charge >= 0.3 is 0 Å². The molecule has 0 saturated carbocycles. The quantitative estimate of drug-likeness (QED) is 0.726. The maximum Gasteiger partial charge on any atom is 0.255 e. The molecule has 4 aliphatic rings. The summed E-state index contributed by atoms with van der Waals surface area (Å²) in [5, 5.41) is 5.55. The molecule has 0 radical (unpaired) electrons. The zero-order valence-electron chi connectivity index (χ0n) is 15.1. The van der Waals surface area contributed by atoms with Gasteiger partial charge in [-0.05, 0) is 25.3 Å². The molecule has 3 atom stereocenters. The van der Waals surface area contributed by atoms with Crippen LogP contribution in [0.3, 0.4) is 0 Å². The molecule has 0 aromatic heterocycles. The lowest BCUT2D eigenvalue weighted by Gasteiger charge is -2.38. The summed E-state index contributed by atoms with van der Waals surface area (Å²) < 4.78 is 29.4. The summed E-state index contributed by atoms with van der Waals surface area (Å²) in [6, 6.07) is 0.237. The number of rotatable bonds is 2. The van der Waals surface area contributed by atoms with E-state index in [0.29, 0.717) is 18.7 Å². The van der Waals surface area contributed by atoms with Gasteiger partial charge in [0.05, 0.1) is 5.69 Å². The standard InChI is InChI=1S/C19H20F2N4O3/c20-13-5-11-12(8-24(19(11)28)14-3-4-15(26)23-18(14)27)17(16(13)21)25-9-1-2-10(25)7-22-6-9/h5,9-10,14,22H,1-4,6-8H2,(H,23,26,27). The van der Waals surface area contributed by atoms with E-state index in [2.05, 4.69) is 10.6 Å². The number of hydrogen-bond donors (Lipinski definition) is 2. The van der Waals surface area contributed by atoms with Crippen LogP contribution in [0.2, 0.25) is 0 Å². The van der Waals surface area contributed by atoms with Gasteiger partial charge in [0.25, 0.3) is 5.91 Å². The highest BCUT2D eigenvalue weighted by Gasteiger charge is 2.45. The third-order valence-corrected chi connectivity index (χ3v) is 6.34. The van der Waals surface area contributed by atoms with Gasteiger partial charge in [0.15, 0.2) is 11.6 Å². The summed E-state index contributed by atoms with van der Waals surface area (Å²) in [4.78, 5) is 39.8. The Bertz CT molecular complexity index is 890. The van der Waals surface area contributed by atoms with Crippen molar-refractivity contribution in [3.8, 4) is 0 Å². The molecule has 3 saturated heterocycles. The van der Waals surface area contributed by atoms with E-state index < -0.39 is 29.5 Å². The van der Waals surface area contributed by atoms with Crippen LogP contribution in [-0.4, -0.2) is 53.8 Å². The molecule has 1 aromatic carbocycles. The van der Waals surface area contributed by atoms with Gasteiger partial charge in [0.1, 0.15) is 6.04 Å². The second-order valence-electron chi connectivity index (χ2n) is 7.90. The first kappa shape index (κ1) is 17.5. The fourth-order valence-corrected chi connectivity index (χ4v) is 5.04. The van der Waals surface area contributed by atoms with Gasteiger partial charge in [0.2, 0.25) is 11.8 Å². The Morgan fingerprint density at radius 1 is 1.04 bits per heavy atom. The number of piperazine rings is 1. The molecule has 2 N–H and O–H groups in total. The monoisotopic (exact) mass is 390 g/mol. The molecule has 2 bridgehead atoms. The normalized spacial score (nSPS) is 29.4. The Kier molecular flexibility index (Phi) is 3.90. The first-order chi connectivity index (χ1) is 13.5. The van der Waals surface area contributed by atoms with Gasteiger partial charge < -0.3 is 15.1 Å². The topological polar surface area (TPSA) is 81.8 Å². The third-order valence-electron chi connectivity index (χ3n) is 6.34. The number of carbonyl (C=O) groups excluding carboxylic acids is 3. The molecule has 3 fully saturated rings. The number of anilines is 1. The summed E-state index contributed by atoms with van der Waals surface area (Å²) in [6.07, 6.45) is 2.11. The minimum absolute atomic E-state index is 0.0380. The fraction of sp³-hybridized carbons (Fsp3) is 0.526. The van der Waals surface area contributed by atoms with E-state index in [0.717, 1.165) is 18.9 Å². The number of nitrogens with zero attached hydrogens (tertiary/aromatic N) is 2. The van der Waals surface area contributed by atoms with Crippen molar-refractivity contribution in [1.29, 1.82) is 0 Å². The van der Waals surface area contributed by atoms with Crippen LogP contribution in [0.15, 0.2) is 6.07 Å². The van der Waals surface area contributed by atoms with Gasteiger partial charge in [-0.25, -0.2) is 8.78 Å². The number of amides is 3. The van der Waals surface area contributed by atoms with Crippen molar-refractivity contribution < 1.29 is 23.2 Å². The number of fused-ring (bicyclic) bond motifs is 3. The highest BCUT2D eigenvalue weighted by molar-refractivity contribution is 6.06. The smallest absolute Gasteiger partial charge is 0.255 e. The molecule has 4 heterocycles. The van der Waals surface area contributed by atoms with Crippen molar-refractivity contribution in [1.82, 2.24) is 15.5 Å². The van der Waals surface area contributed by atoms with Crippen molar-refractivity contribution in [2.24, 2.45) is 0 Å². The number of benzene rings is 1. The second kappa shape index (κ2) is 6.23. The van der Waals surface area contributed by atoms with Gasteiger partial charge in [-0.2, -0.15) is 0 Å². The molecule has 3 unspecified atom stereocenters. The zero-order valence-corrected chi connectivity index (χ0v) is 15.1. The molecular weight excluding hydrogens is 370 g/mol. The van der Waals surface area contributed by atoms with E-state index >= 15 is 0 Å². The summed E-state index contributed by atoms with van der Waals surface area (Å²) in [7, 11) is 0. The first-order valence-corrected chi connectivity index (χ1v) is 9.60. The number of piperidine rings is 1. The Hall–Kier alpha value is -2.55. The summed E-state index contributed by atoms with van der Waals surface area (Å²) >= 11 is 0. The largest absolute Gasteiger partial charge is 0.360 e. The van der Waals surface area contributed by atoms with Crippen LogP contribution in [0, 0.1) is 11.6 Å². The van der Waals surface area contributed by atoms with Gasteiger partial charge in [0, 0.05) is 49.3 Å². The van der Waals surface area contributed by atoms with Crippen LogP contribution in [0.4, 0.5) is 14.5 Å². The van der Waals surface area contributed by atoms with Crippen molar-refractivity contribution >= 4 is 23.4 Å². The fourth-order valence-electron chi connectivity index (χ4n) is 5.04. The van der Waals surface area contributed by atoms with Gasteiger partial charge in [-0.3, -0.25) is 19.7 Å². The number of nitrogens with one attached hydrogen (secondary N) is 2. The Labute approximate surface area is 160 Å². The van der Waals surface area contributed by atoms with E-state index in [1.54, 1.807) is 0 Å². The molecule has 7 nitrogen and oxygen atoms in total. The zero-order chi connectivity index (χ0) is 19.6. The number of imide groups is 1. The van der Waals surface area contributed by atoms with E-state index in [9.17, 15) is 23.2 Å². The maximum atomic E-state index is 14.9. The van der Waals surface area contributed by atoms with Crippen LogP contribution in [0.1, 0.15) is 41.6 Å². The van der Waals surface area contributed by atoms with Crippen LogP contribution < -0.4 is 15.5 Å². The predicted octanol–water partition coefficient (Wildman–Crippen LogP) is 0.666. The summed E-state index contributed by atoms with van der Waals surface area (Å²) in [5.74, 6) is -3.39. The van der Waals surface area contributed by atoms with Gasteiger partial charge in [-0.1, -0.05) is 0 Å².